The largest absolute Gasteiger partial charge is 0.344 e. The van der Waals surface area contributed by atoms with Crippen molar-refractivity contribution in [2.75, 3.05) is 39.8 Å². The highest BCUT2D eigenvalue weighted by molar-refractivity contribution is 5.94. The molecule has 21 heavy (non-hydrogen) atoms. The first kappa shape index (κ1) is 14.1. The van der Waals surface area contributed by atoms with Crippen molar-refractivity contribution in [3.63, 3.8) is 0 Å². The third-order valence-electron chi connectivity index (χ3n) is 4.46. The van der Waals surface area contributed by atoms with Crippen LogP contribution in [0.4, 0.5) is 0 Å². The van der Waals surface area contributed by atoms with Crippen LogP contribution in [-0.4, -0.2) is 72.3 Å². The van der Waals surface area contributed by atoms with E-state index in [1.165, 1.54) is 0 Å². The maximum atomic E-state index is 12.4. The Labute approximate surface area is 125 Å². The van der Waals surface area contributed by atoms with E-state index >= 15 is 0 Å². The summed E-state index contributed by atoms with van der Waals surface area (Å²) in [6.07, 6.45) is 0.905. The SMILES string of the molecule is CN1CCC(N2CCN(C(=O)c3ccccc3)CC2)C1=O. The van der Waals surface area contributed by atoms with Gasteiger partial charge in [0.05, 0.1) is 6.04 Å². The van der Waals surface area contributed by atoms with E-state index in [0.29, 0.717) is 13.1 Å². The van der Waals surface area contributed by atoms with E-state index < -0.39 is 0 Å². The van der Waals surface area contributed by atoms with Gasteiger partial charge in [-0.2, -0.15) is 0 Å². The molecule has 2 fully saturated rings. The number of hydrogen-bond donors (Lipinski definition) is 0. The van der Waals surface area contributed by atoms with Crippen molar-refractivity contribution in [1.82, 2.24) is 14.7 Å². The third-order valence-corrected chi connectivity index (χ3v) is 4.46. The van der Waals surface area contributed by atoms with Gasteiger partial charge in [-0.1, -0.05) is 18.2 Å². The molecule has 0 aliphatic carbocycles. The number of amides is 2. The highest BCUT2D eigenvalue weighted by Gasteiger charge is 2.35. The van der Waals surface area contributed by atoms with Crippen LogP contribution in [0.25, 0.3) is 0 Å². The van der Waals surface area contributed by atoms with E-state index in [-0.39, 0.29) is 17.9 Å². The molecule has 112 valence electrons. The van der Waals surface area contributed by atoms with Gasteiger partial charge in [0.2, 0.25) is 5.91 Å². The molecule has 5 nitrogen and oxygen atoms in total. The first-order valence-electron chi connectivity index (χ1n) is 7.50. The second kappa shape index (κ2) is 5.85. The van der Waals surface area contributed by atoms with Gasteiger partial charge in [-0.05, 0) is 18.6 Å². The van der Waals surface area contributed by atoms with Crippen molar-refractivity contribution < 1.29 is 9.59 Å². The van der Waals surface area contributed by atoms with Crippen molar-refractivity contribution in [3.05, 3.63) is 35.9 Å². The molecule has 5 heteroatoms. The number of carbonyl (C=O) groups excluding carboxylic acids is 2. The highest BCUT2D eigenvalue weighted by Crippen LogP contribution is 2.18. The van der Waals surface area contributed by atoms with E-state index in [0.717, 1.165) is 31.6 Å². The van der Waals surface area contributed by atoms with Gasteiger partial charge in [-0.15, -0.1) is 0 Å². The molecule has 0 N–H and O–H groups in total. The summed E-state index contributed by atoms with van der Waals surface area (Å²) in [5.41, 5.74) is 0.739. The summed E-state index contributed by atoms with van der Waals surface area (Å²) in [7, 11) is 1.86. The van der Waals surface area contributed by atoms with Gasteiger partial charge in [-0.25, -0.2) is 0 Å². The molecule has 0 spiro atoms. The standard InChI is InChI=1S/C16H21N3O2/c1-17-8-7-14(16(17)21)18-9-11-19(12-10-18)15(20)13-5-3-2-4-6-13/h2-6,14H,7-12H2,1H3. The highest BCUT2D eigenvalue weighted by atomic mass is 16.2. The van der Waals surface area contributed by atoms with Crippen molar-refractivity contribution in [2.24, 2.45) is 0 Å². The van der Waals surface area contributed by atoms with Crippen LogP contribution in [-0.2, 0) is 4.79 Å². The zero-order valence-electron chi connectivity index (χ0n) is 12.4. The molecule has 0 bridgehead atoms. The Morgan fingerprint density at radius 1 is 1.05 bits per heavy atom. The summed E-state index contributed by atoms with van der Waals surface area (Å²) < 4.78 is 0. The van der Waals surface area contributed by atoms with E-state index in [9.17, 15) is 9.59 Å². The van der Waals surface area contributed by atoms with Crippen molar-refractivity contribution in [2.45, 2.75) is 12.5 Å². The first-order valence-corrected chi connectivity index (χ1v) is 7.50. The Bertz CT molecular complexity index is 524. The molecule has 2 amide bonds. The van der Waals surface area contributed by atoms with Crippen LogP contribution in [0.5, 0.6) is 0 Å². The Hall–Kier alpha value is -1.88. The number of rotatable bonds is 2. The molecule has 1 atom stereocenters. The number of likely N-dealkylation sites (N-methyl/N-ethyl adjacent to an activating group) is 1. The van der Waals surface area contributed by atoms with E-state index in [1.54, 1.807) is 4.90 Å². The quantitative estimate of drug-likeness (QED) is 0.803. The zero-order valence-corrected chi connectivity index (χ0v) is 12.4. The molecular formula is C16H21N3O2. The maximum absolute atomic E-state index is 12.4. The lowest BCUT2D eigenvalue weighted by Gasteiger charge is -2.37. The smallest absolute Gasteiger partial charge is 0.253 e. The summed E-state index contributed by atoms with van der Waals surface area (Å²) in [6.45, 7) is 3.79. The van der Waals surface area contributed by atoms with E-state index in [4.69, 9.17) is 0 Å². The molecule has 0 saturated carbocycles. The van der Waals surface area contributed by atoms with Gasteiger partial charge in [-0.3, -0.25) is 14.5 Å². The van der Waals surface area contributed by atoms with Crippen LogP contribution in [0.2, 0.25) is 0 Å². The van der Waals surface area contributed by atoms with Crippen LogP contribution in [0, 0.1) is 0 Å². The summed E-state index contributed by atoms with van der Waals surface area (Å²) >= 11 is 0. The predicted molar refractivity (Wildman–Crippen MR) is 80.0 cm³/mol. The Kier molecular flexibility index (Phi) is 3.92. The lowest BCUT2D eigenvalue weighted by Crippen LogP contribution is -2.53. The maximum Gasteiger partial charge on any atom is 0.253 e. The molecule has 2 aliphatic rings. The Morgan fingerprint density at radius 2 is 1.71 bits per heavy atom. The van der Waals surface area contributed by atoms with Gasteiger partial charge in [0, 0.05) is 45.3 Å². The van der Waals surface area contributed by atoms with Crippen LogP contribution < -0.4 is 0 Å². The normalized spacial score (nSPS) is 23.7. The van der Waals surface area contributed by atoms with Crippen LogP contribution >= 0.6 is 0 Å². The molecule has 1 unspecified atom stereocenters. The van der Waals surface area contributed by atoms with Crippen LogP contribution in [0.15, 0.2) is 30.3 Å². The fraction of sp³-hybridized carbons (Fsp3) is 0.500. The minimum atomic E-state index is 0.0176. The van der Waals surface area contributed by atoms with Gasteiger partial charge >= 0.3 is 0 Å². The number of carbonyl (C=O) groups is 2. The van der Waals surface area contributed by atoms with E-state index in [1.807, 2.05) is 42.3 Å². The summed E-state index contributed by atoms with van der Waals surface area (Å²) in [6, 6.07) is 9.40. The number of likely N-dealkylation sites (tertiary alicyclic amines) is 1. The third kappa shape index (κ3) is 2.78. The van der Waals surface area contributed by atoms with Crippen molar-refractivity contribution in [3.8, 4) is 0 Å². The first-order chi connectivity index (χ1) is 10.2. The molecule has 2 saturated heterocycles. The summed E-state index contributed by atoms with van der Waals surface area (Å²) in [5, 5.41) is 0. The van der Waals surface area contributed by atoms with Gasteiger partial charge < -0.3 is 9.80 Å². The summed E-state index contributed by atoms with van der Waals surface area (Å²) in [5.74, 6) is 0.308. The van der Waals surface area contributed by atoms with Crippen molar-refractivity contribution >= 4 is 11.8 Å². The van der Waals surface area contributed by atoms with Gasteiger partial charge in [0.15, 0.2) is 0 Å². The summed E-state index contributed by atoms with van der Waals surface area (Å²) in [4.78, 5) is 30.3. The molecule has 0 radical (unpaired) electrons. The second-order valence-electron chi connectivity index (χ2n) is 5.76. The molecule has 0 aromatic heterocycles. The lowest BCUT2D eigenvalue weighted by molar-refractivity contribution is -0.131. The molecule has 2 aliphatic heterocycles. The fourth-order valence-electron chi connectivity index (χ4n) is 3.14. The average Bonchev–Trinajstić information content (AvgIpc) is 2.87. The fourth-order valence-corrected chi connectivity index (χ4v) is 3.14. The second-order valence-corrected chi connectivity index (χ2v) is 5.76. The molecule has 1 aromatic carbocycles. The monoisotopic (exact) mass is 287 g/mol. The molecule has 2 heterocycles. The number of piperazine rings is 1. The minimum absolute atomic E-state index is 0.0176. The van der Waals surface area contributed by atoms with Crippen LogP contribution in [0.1, 0.15) is 16.8 Å². The van der Waals surface area contributed by atoms with E-state index in [2.05, 4.69) is 4.90 Å². The molecular weight excluding hydrogens is 266 g/mol. The van der Waals surface area contributed by atoms with Gasteiger partial charge in [0.1, 0.15) is 0 Å². The zero-order chi connectivity index (χ0) is 14.8. The number of hydrogen-bond acceptors (Lipinski definition) is 3. The Morgan fingerprint density at radius 3 is 2.29 bits per heavy atom. The molecule has 1 aromatic rings. The van der Waals surface area contributed by atoms with Gasteiger partial charge in [0.25, 0.3) is 5.91 Å². The predicted octanol–water partition coefficient (Wildman–Crippen LogP) is 0.675. The lowest BCUT2D eigenvalue weighted by atomic mass is 10.1. The minimum Gasteiger partial charge on any atom is -0.344 e. The van der Waals surface area contributed by atoms with Crippen LogP contribution in [0.3, 0.4) is 0 Å². The number of benzene rings is 1. The number of nitrogens with zero attached hydrogens (tertiary/aromatic N) is 3. The topological polar surface area (TPSA) is 43.9 Å². The molecule has 3 rings (SSSR count). The average molecular weight is 287 g/mol. The van der Waals surface area contributed by atoms with Crippen molar-refractivity contribution in [1.29, 1.82) is 0 Å². The Balaban J connectivity index is 1.58.